The molecule has 0 spiro atoms. The van der Waals surface area contributed by atoms with Crippen LogP contribution in [0.5, 0.6) is 5.75 Å². The molecule has 1 amide bonds. The maximum absolute atomic E-state index is 12.0. The maximum Gasteiger partial charge on any atom is 0.431 e. The van der Waals surface area contributed by atoms with Crippen LogP contribution in [0.15, 0.2) is 52.7 Å². The number of methoxy groups -OCH3 is 1. The number of hydrogen-bond acceptors (Lipinski definition) is 8. The fourth-order valence-corrected chi connectivity index (χ4v) is 4.92. The molecular weight excluding hydrogens is 462 g/mol. The highest BCUT2D eigenvalue weighted by Gasteiger charge is 2.25. The predicted molar refractivity (Wildman–Crippen MR) is 142 cm³/mol. The number of nitrogens with one attached hydrogen (secondary N) is 1. The number of hydrogen-bond donors (Lipinski definition) is 1. The second-order valence-electron chi connectivity index (χ2n) is 8.70. The van der Waals surface area contributed by atoms with Gasteiger partial charge in [0.15, 0.2) is 0 Å². The molecule has 0 atom stereocenters. The molecule has 3 rings (SSSR count). The van der Waals surface area contributed by atoms with Crippen LogP contribution in [-0.2, 0) is 11.8 Å². The third-order valence-corrected chi connectivity index (χ3v) is 6.39. The Morgan fingerprint density at radius 1 is 1.11 bits per heavy atom. The lowest BCUT2D eigenvalue weighted by Gasteiger charge is -2.28. The van der Waals surface area contributed by atoms with Gasteiger partial charge >= 0.3 is 5.13 Å². The number of aryl methyl sites for hydroxylation is 1. The van der Waals surface area contributed by atoms with Crippen LogP contribution in [0.1, 0.15) is 34.6 Å². The molecule has 1 heterocycles. The lowest BCUT2D eigenvalue weighted by atomic mass is 10.2. The van der Waals surface area contributed by atoms with Crippen molar-refractivity contribution in [2.24, 2.45) is 17.3 Å². The first-order chi connectivity index (χ1) is 16.6. The molecule has 1 N–H and O–H groups in total. The number of amides is 1. The Morgan fingerprint density at radius 3 is 2.34 bits per heavy atom. The van der Waals surface area contributed by atoms with Crippen LogP contribution in [0.25, 0.3) is 0 Å². The SMILES string of the molecule is COc1cc(N=Nc2sc(N(C(C)C)C(C)C)n[n+]2C)c(NC(C)=O)cc1N(C)c1ccccc1. The van der Waals surface area contributed by atoms with Gasteiger partial charge < -0.3 is 19.9 Å². The van der Waals surface area contributed by atoms with E-state index in [1.807, 2.05) is 55.4 Å². The van der Waals surface area contributed by atoms with E-state index in [1.54, 1.807) is 17.9 Å². The number of anilines is 4. The molecule has 0 saturated heterocycles. The van der Waals surface area contributed by atoms with Crippen LogP contribution >= 0.6 is 11.3 Å². The summed E-state index contributed by atoms with van der Waals surface area (Å²) < 4.78 is 7.39. The van der Waals surface area contributed by atoms with E-state index in [2.05, 4.69) is 53.2 Å². The summed E-state index contributed by atoms with van der Waals surface area (Å²) in [6.45, 7) is 10.0. The van der Waals surface area contributed by atoms with E-state index in [-0.39, 0.29) is 5.91 Å². The Hall–Kier alpha value is -3.53. The normalized spacial score (nSPS) is 11.4. The molecule has 0 radical (unpaired) electrons. The van der Waals surface area contributed by atoms with Gasteiger partial charge in [0.05, 0.1) is 23.6 Å². The zero-order valence-corrected chi connectivity index (χ0v) is 22.4. The topological polar surface area (TPSA) is 86.3 Å². The summed E-state index contributed by atoms with van der Waals surface area (Å²) in [5.74, 6) is 0.412. The van der Waals surface area contributed by atoms with Gasteiger partial charge in [0.2, 0.25) is 11.0 Å². The molecule has 0 saturated carbocycles. The maximum atomic E-state index is 12.0. The predicted octanol–water partition coefficient (Wildman–Crippen LogP) is 5.74. The number of carbonyl (C=O) groups is 1. The van der Waals surface area contributed by atoms with Gasteiger partial charge in [0, 0.05) is 37.8 Å². The summed E-state index contributed by atoms with van der Waals surface area (Å²) in [5, 5.41) is 18.0. The van der Waals surface area contributed by atoms with Gasteiger partial charge in [0.25, 0.3) is 0 Å². The molecule has 2 aromatic carbocycles. The molecule has 0 unspecified atom stereocenters. The van der Waals surface area contributed by atoms with Gasteiger partial charge in [-0.3, -0.25) is 4.79 Å². The van der Waals surface area contributed by atoms with Crippen LogP contribution in [0.3, 0.4) is 0 Å². The first kappa shape index (κ1) is 26.1. The van der Waals surface area contributed by atoms with Gasteiger partial charge in [-0.2, -0.15) is 0 Å². The number of benzene rings is 2. The number of rotatable bonds is 9. The summed E-state index contributed by atoms with van der Waals surface area (Å²) in [7, 11) is 5.40. The average Bonchev–Trinajstić information content (AvgIpc) is 3.16. The summed E-state index contributed by atoms with van der Waals surface area (Å²) in [6.07, 6.45) is 0. The van der Waals surface area contributed by atoms with Gasteiger partial charge in [-0.25, -0.2) is 0 Å². The fourth-order valence-electron chi connectivity index (χ4n) is 3.81. The first-order valence-electron chi connectivity index (χ1n) is 11.5. The molecule has 9 nitrogen and oxygen atoms in total. The highest BCUT2D eigenvalue weighted by Crippen LogP contribution is 2.41. The molecule has 186 valence electrons. The Balaban J connectivity index is 2.02. The minimum Gasteiger partial charge on any atom is -0.494 e. The van der Waals surface area contributed by atoms with Crippen molar-refractivity contribution < 1.29 is 14.2 Å². The minimum absolute atomic E-state index is 0.199. The molecule has 3 aromatic rings. The molecular formula is C25H34N7O2S+. The Kier molecular flexibility index (Phi) is 8.39. The van der Waals surface area contributed by atoms with E-state index in [9.17, 15) is 4.79 Å². The largest absolute Gasteiger partial charge is 0.494 e. The number of ether oxygens (including phenoxy) is 1. The van der Waals surface area contributed by atoms with Crippen molar-refractivity contribution in [1.29, 1.82) is 0 Å². The molecule has 0 aliphatic rings. The van der Waals surface area contributed by atoms with Gasteiger partial charge in [-0.15, -0.1) is 4.68 Å². The van der Waals surface area contributed by atoms with E-state index in [1.165, 1.54) is 18.3 Å². The van der Waals surface area contributed by atoms with E-state index in [0.717, 1.165) is 16.5 Å². The third kappa shape index (κ3) is 6.13. The number of nitrogens with zero attached hydrogens (tertiary/aromatic N) is 6. The molecule has 0 bridgehead atoms. The zero-order valence-electron chi connectivity index (χ0n) is 21.6. The van der Waals surface area contributed by atoms with Crippen LogP contribution in [0, 0.1) is 0 Å². The average molecular weight is 497 g/mol. The van der Waals surface area contributed by atoms with Crippen LogP contribution in [0.2, 0.25) is 0 Å². The molecule has 1 aromatic heterocycles. The lowest BCUT2D eigenvalue weighted by Crippen LogP contribution is -2.39. The van der Waals surface area contributed by atoms with Gasteiger partial charge in [-0.05, 0) is 62.3 Å². The Labute approximate surface area is 211 Å². The highest BCUT2D eigenvalue weighted by atomic mass is 32.1. The lowest BCUT2D eigenvalue weighted by molar-refractivity contribution is -0.712. The third-order valence-electron chi connectivity index (χ3n) is 5.38. The van der Waals surface area contributed by atoms with E-state index >= 15 is 0 Å². The van der Waals surface area contributed by atoms with Crippen molar-refractivity contribution >= 4 is 50.3 Å². The second kappa shape index (κ2) is 11.3. The summed E-state index contributed by atoms with van der Waals surface area (Å²) in [4.78, 5) is 16.2. The zero-order chi connectivity index (χ0) is 25.7. The quantitative estimate of drug-likeness (QED) is 0.301. The van der Waals surface area contributed by atoms with Crippen molar-refractivity contribution in [2.45, 2.75) is 46.7 Å². The second-order valence-corrected chi connectivity index (χ2v) is 9.64. The van der Waals surface area contributed by atoms with Crippen LogP contribution < -0.4 is 24.5 Å². The van der Waals surface area contributed by atoms with Crippen molar-refractivity contribution in [3.63, 3.8) is 0 Å². The van der Waals surface area contributed by atoms with Gasteiger partial charge in [-0.1, -0.05) is 23.3 Å². The van der Waals surface area contributed by atoms with Crippen molar-refractivity contribution in [3.05, 3.63) is 42.5 Å². The van der Waals surface area contributed by atoms with Crippen LogP contribution in [0.4, 0.5) is 33.0 Å². The summed E-state index contributed by atoms with van der Waals surface area (Å²) >= 11 is 1.47. The van der Waals surface area contributed by atoms with Crippen LogP contribution in [-0.4, -0.2) is 37.2 Å². The molecule has 35 heavy (non-hydrogen) atoms. The van der Waals surface area contributed by atoms with Crippen molar-refractivity contribution in [3.8, 4) is 5.75 Å². The smallest absolute Gasteiger partial charge is 0.431 e. The fraction of sp³-hybridized carbons (Fsp3) is 0.400. The first-order valence-corrected chi connectivity index (χ1v) is 12.3. The van der Waals surface area contributed by atoms with E-state index < -0.39 is 0 Å². The standard InChI is InChI=1S/C25H33N7O2S/c1-16(2)32(17(3)4)25-29-31(7)24(35-25)28-27-21-15-23(34-8)22(14-20(21)26-18(5)33)30(6)19-12-10-9-11-13-19/h9-17H,1-8H3/p+1. The molecule has 0 fully saturated rings. The number of aromatic nitrogens is 2. The highest BCUT2D eigenvalue weighted by molar-refractivity contribution is 7.18. The molecule has 0 aliphatic heterocycles. The Morgan fingerprint density at radius 2 is 1.77 bits per heavy atom. The Bertz CT molecular complexity index is 1180. The van der Waals surface area contributed by atoms with Gasteiger partial charge in [0.1, 0.15) is 18.5 Å². The van der Waals surface area contributed by atoms with E-state index in [4.69, 9.17) is 4.74 Å². The number of carbonyl (C=O) groups excluding carboxylic acids is 1. The van der Waals surface area contributed by atoms with Crippen molar-refractivity contribution in [1.82, 2.24) is 5.10 Å². The summed E-state index contributed by atoms with van der Waals surface area (Å²) in [5.41, 5.74) is 2.80. The van der Waals surface area contributed by atoms with Crippen molar-refractivity contribution in [2.75, 3.05) is 29.3 Å². The minimum atomic E-state index is -0.199. The summed E-state index contributed by atoms with van der Waals surface area (Å²) in [6, 6.07) is 14.1. The monoisotopic (exact) mass is 496 g/mol. The molecule has 10 heteroatoms. The molecule has 0 aliphatic carbocycles. The van der Waals surface area contributed by atoms with E-state index in [0.29, 0.717) is 34.3 Å². The number of azo groups is 1. The number of para-hydroxylation sites is 1.